The van der Waals surface area contributed by atoms with Crippen molar-refractivity contribution in [1.29, 1.82) is 0 Å². The van der Waals surface area contributed by atoms with Crippen LogP contribution < -0.4 is 0 Å². The molecule has 0 amide bonds. The zero-order valence-corrected chi connectivity index (χ0v) is 11.2. The molecular weight excluding hydrogens is 248 g/mol. The molecule has 2 aromatic carbocycles. The Morgan fingerprint density at radius 2 is 1.94 bits per heavy atom. The Morgan fingerprint density at radius 1 is 1.12 bits per heavy atom. The van der Waals surface area contributed by atoms with Gasteiger partial charge in [-0.05, 0) is 29.7 Å². The molecule has 1 unspecified atom stereocenters. The van der Waals surface area contributed by atoms with Gasteiger partial charge in [0.2, 0.25) is 0 Å². The Labute approximate surface area is 111 Å². The van der Waals surface area contributed by atoms with E-state index in [4.69, 9.17) is 11.6 Å². The standard InChI is InChI=1S/C15H13ClS/c1-10-6-7-14-13(8-10)15(16)12-5-3-2-4-11(12)9-17-14/h2-8,15H,9H2,1H3. The molecule has 0 aliphatic carbocycles. The fourth-order valence-electron chi connectivity index (χ4n) is 2.23. The van der Waals surface area contributed by atoms with E-state index in [2.05, 4.69) is 49.4 Å². The first-order valence-electron chi connectivity index (χ1n) is 5.71. The van der Waals surface area contributed by atoms with E-state index in [0.717, 1.165) is 5.75 Å². The average molecular weight is 261 g/mol. The number of hydrogen-bond acceptors (Lipinski definition) is 1. The molecule has 0 N–H and O–H groups in total. The molecule has 1 heterocycles. The van der Waals surface area contributed by atoms with Crippen molar-refractivity contribution in [3.63, 3.8) is 0 Å². The fraction of sp³-hybridized carbons (Fsp3) is 0.200. The Morgan fingerprint density at radius 3 is 2.82 bits per heavy atom. The summed E-state index contributed by atoms with van der Waals surface area (Å²) in [6, 6.07) is 15.0. The summed E-state index contributed by atoms with van der Waals surface area (Å²) in [6.07, 6.45) is 0. The first-order chi connectivity index (χ1) is 8.25. The predicted octanol–water partition coefficient (Wildman–Crippen LogP) is 4.93. The van der Waals surface area contributed by atoms with Crippen LogP contribution in [0.25, 0.3) is 0 Å². The summed E-state index contributed by atoms with van der Waals surface area (Å²) in [4.78, 5) is 1.31. The van der Waals surface area contributed by atoms with Gasteiger partial charge in [-0.2, -0.15) is 0 Å². The average Bonchev–Trinajstić information content (AvgIpc) is 2.49. The number of halogens is 1. The molecule has 2 aromatic rings. The smallest absolute Gasteiger partial charge is 0.0849 e. The van der Waals surface area contributed by atoms with E-state index >= 15 is 0 Å². The maximum absolute atomic E-state index is 6.64. The second-order valence-electron chi connectivity index (χ2n) is 4.39. The number of aryl methyl sites for hydroxylation is 1. The van der Waals surface area contributed by atoms with Gasteiger partial charge in [0, 0.05) is 10.6 Å². The van der Waals surface area contributed by atoms with Gasteiger partial charge in [0.1, 0.15) is 0 Å². The van der Waals surface area contributed by atoms with Gasteiger partial charge in [0.15, 0.2) is 0 Å². The van der Waals surface area contributed by atoms with Crippen LogP contribution in [0.5, 0.6) is 0 Å². The second-order valence-corrected chi connectivity index (χ2v) is 5.84. The Balaban J connectivity index is 2.18. The van der Waals surface area contributed by atoms with Crippen molar-refractivity contribution in [2.75, 3.05) is 0 Å². The highest BCUT2D eigenvalue weighted by molar-refractivity contribution is 7.98. The summed E-state index contributed by atoms with van der Waals surface area (Å²) < 4.78 is 0. The van der Waals surface area contributed by atoms with Crippen molar-refractivity contribution in [2.45, 2.75) is 22.9 Å². The van der Waals surface area contributed by atoms with Crippen LogP contribution in [0, 0.1) is 6.92 Å². The van der Waals surface area contributed by atoms with Crippen molar-refractivity contribution in [1.82, 2.24) is 0 Å². The topological polar surface area (TPSA) is 0 Å². The molecule has 1 atom stereocenters. The molecule has 3 rings (SSSR count). The van der Waals surface area contributed by atoms with E-state index in [0.29, 0.717) is 0 Å². The summed E-state index contributed by atoms with van der Waals surface area (Å²) in [5.41, 5.74) is 5.13. The first kappa shape index (κ1) is 11.2. The minimum atomic E-state index is -0.0175. The molecule has 0 aromatic heterocycles. The zero-order valence-electron chi connectivity index (χ0n) is 9.61. The van der Waals surface area contributed by atoms with Gasteiger partial charge in [-0.3, -0.25) is 0 Å². The van der Waals surface area contributed by atoms with Crippen LogP contribution in [0.2, 0.25) is 0 Å². The van der Waals surface area contributed by atoms with Crippen molar-refractivity contribution < 1.29 is 0 Å². The highest BCUT2D eigenvalue weighted by atomic mass is 35.5. The molecule has 1 aliphatic heterocycles. The number of hydrogen-bond donors (Lipinski definition) is 0. The van der Waals surface area contributed by atoms with Gasteiger partial charge in [0.05, 0.1) is 5.38 Å². The first-order valence-corrected chi connectivity index (χ1v) is 7.13. The highest BCUT2D eigenvalue weighted by Gasteiger charge is 2.21. The summed E-state index contributed by atoms with van der Waals surface area (Å²) >= 11 is 8.52. The number of alkyl halides is 1. The van der Waals surface area contributed by atoms with Gasteiger partial charge >= 0.3 is 0 Å². The largest absolute Gasteiger partial charge is 0.121 e. The molecule has 1 aliphatic rings. The fourth-order valence-corrected chi connectivity index (χ4v) is 3.77. The van der Waals surface area contributed by atoms with Gasteiger partial charge in [-0.25, -0.2) is 0 Å². The summed E-state index contributed by atoms with van der Waals surface area (Å²) in [5, 5.41) is -0.0175. The van der Waals surface area contributed by atoms with Crippen LogP contribution in [-0.2, 0) is 5.75 Å². The molecule has 0 radical (unpaired) electrons. The summed E-state index contributed by atoms with van der Waals surface area (Å²) in [6.45, 7) is 2.12. The third-order valence-corrected chi connectivity index (χ3v) is 4.76. The van der Waals surface area contributed by atoms with Gasteiger partial charge < -0.3 is 0 Å². The second kappa shape index (κ2) is 4.40. The van der Waals surface area contributed by atoms with Crippen molar-refractivity contribution in [3.8, 4) is 0 Å². The number of thioether (sulfide) groups is 1. The molecule has 0 nitrogen and oxygen atoms in total. The Kier molecular flexibility index (Phi) is 2.89. The quantitative estimate of drug-likeness (QED) is 0.606. The molecule has 17 heavy (non-hydrogen) atoms. The predicted molar refractivity (Wildman–Crippen MR) is 74.9 cm³/mol. The lowest BCUT2D eigenvalue weighted by Crippen LogP contribution is -1.96. The molecule has 86 valence electrons. The van der Waals surface area contributed by atoms with Crippen molar-refractivity contribution in [3.05, 3.63) is 64.7 Å². The van der Waals surface area contributed by atoms with E-state index < -0.39 is 0 Å². The maximum atomic E-state index is 6.64. The number of benzene rings is 2. The minimum absolute atomic E-state index is 0.0175. The molecule has 0 saturated heterocycles. The number of fused-ring (bicyclic) bond motifs is 2. The van der Waals surface area contributed by atoms with Crippen LogP contribution in [0.4, 0.5) is 0 Å². The summed E-state index contributed by atoms with van der Waals surface area (Å²) in [7, 11) is 0. The van der Waals surface area contributed by atoms with E-state index in [1.54, 1.807) is 0 Å². The lowest BCUT2D eigenvalue weighted by Gasteiger charge is -2.13. The van der Waals surface area contributed by atoms with E-state index in [1.165, 1.54) is 27.1 Å². The number of rotatable bonds is 0. The highest BCUT2D eigenvalue weighted by Crippen LogP contribution is 2.42. The van der Waals surface area contributed by atoms with E-state index in [9.17, 15) is 0 Å². The molecule has 2 heteroatoms. The van der Waals surface area contributed by atoms with Crippen LogP contribution in [-0.4, -0.2) is 0 Å². The molecule has 0 bridgehead atoms. The third-order valence-electron chi connectivity index (χ3n) is 3.15. The lowest BCUT2D eigenvalue weighted by atomic mass is 9.99. The van der Waals surface area contributed by atoms with Crippen LogP contribution in [0.1, 0.15) is 27.6 Å². The van der Waals surface area contributed by atoms with Crippen LogP contribution in [0.3, 0.4) is 0 Å². The lowest BCUT2D eigenvalue weighted by molar-refractivity contribution is 1.07. The van der Waals surface area contributed by atoms with Gasteiger partial charge in [-0.1, -0.05) is 42.0 Å². The van der Waals surface area contributed by atoms with Gasteiger partial charge in [0.25, 0.3) is 0 Å². The van der Waals surface area contributed by atoms with E-state index in [-0.39, 0.29) is 5.38 Å². The maximum Gasteiger partial charge on any atom is 0.0849 e. The monoisotopic (exact) mass is 260 g/mol. The molecule has 0 fully saturated rings. The normalized spacial score (nSPS) is 18.1. The van der Waals surface area contributed by atoms with Gasteiger partial charge in [-0.15, -0.1) is 23.4 Å². The summed E-state index contributed by atoms with van der Waals surface area (Å²) in [5.74, 6) is 1.01. The van der Waals surface area contributed by atoms with Crippen molar-refractivity contribution in [2.24, 2.45) is 0 Å². The Hall–Kier alpha value is -0.920. The third kappa shape index (κ3) is 1.98. The van der Waals surface area contributed by atoms with Crippen LogP contribution in [0.15, 0.2) is 47.4 Å². The van der Waals surface area contributed by atoms with Crippen molar-refractivity contribution >= 4 is 23.4 Å². The molecular formula is C15H13ClS. The van der Waals surface area contributed by atoms with E-state index in [1.807, 2.05) is 11.8 Å². The molecule has 0 spiro atoms. The SMILES string of the molecule is Cc1ccc2c(c1)C(Cl)c1ccccc1CS2. The Bertz CT molecular complexity index is 563. The minimum Gasteiger partial charge on any atom is -0.121 e. The van der Waals surface area contributed by atoms with Crippen LogP contribution >= 0.6 is 23.4 Å². The molecule has 0 saturated carbocycles. The zero-order chi connectivity index (χ0) is 11.8.